The number of benzene rings is 6. The zero-order valence-corrected chi connectivity index (χ0v) is 29.2. The molecule has 2 aliphatic rings. The predicted octanol–water partition coefficient (Wildman–Crippen LogP) is 13.8. The molecule has 0 amide bonds. The maximum absolute atomic E-state index is 6.25. The third kappa shape index (κ3) is 4.83. The molecule has 6 aromatic carbocycles. The van der Waals surface area contributed by atoms with E-state index in [0.29, 0.717) is 0 Å². The Balaban J connectivity index is 1.16. The zero-order valence-electron chi connectivity index (χ0n) is 29.2. The highest BCUT2D eigenvalue weighted by molar-refractivity contribution is 6.16. The van der Waals surface area contributed by atoms with Gasteiger partial charge < -0.3 is 4.42 Å². The van der Waals surface area contributed by atoms with Gasteiger partial charge in [-0.3, -0.25) is 0 Å². The Hall–Kier alpha value is -5.66. The highest BCUT2D eigenvalue weighted by atomic mass is 16.3. The van der Waals surface area contributed by atoms with Crippen LogP contribution in [0.2, 0.25) is 0 Å². The van der Waals surface area contributed by atoms with Gasteiger partial charge in [0.15, 0.2) is 0 Å². The van der Waals surface area contributed by atoms with Gasteiger partial charge in [0.05, 0.1) is 0 Å². The topological polar surface area (TPSA) is 13.1 Å². The van der Waals surface area contributed by atoms with Gasteiger partial charge in [-0.2, -0.15) is 0 Å². The molecule has 9 rings (SSSR count). The van der Waals surface area contributed by atoms with E-state index in [2.05, 4.69) is 167 Å². The second kappa shape index (κ2) is 11.7. The van der Waals surface area contributed by atoms with Gasteiger partial charge in [-0.15, -0.1) is 0 Å². The van der Waals surface area contributed by atoms with Gasteiger partial charge in [-0.25, -0.2) is 0 Å². The number of allylic oxidation sites excluding steroid dienone is 12. The van der Waals surface area contributed by atoms with Crippen LogP contribution in [0.15, 0.2) is 161 Å². The van der Waals surface area contributed by atoms with Crippen molar-refractivity contribution in [3.05, 3.63) is 179 Å². The molecule has 0 N–H and O–H groups in total. The third-order valence-corrected chi connectivity index (χ3v) is 11.1. The van der Waals surface area contributed by atoms with Crippen LogP contribution in [0.25, 0.3) is 65.4 Å². The lowest BCUT2D eigenvalue weighted by Gasteiger charge is -2.24. The number of hydrogen-bond donors (Lipinski definition) is 0. The predicted molar refractivity (Wildman–Crippen MR) is 216 cm³/mol. The molecule has 0 fully saturated rings. The van der Waals surface area contributed by atoms with Crippen molar-refractivity contribution in [1.29, 1.82) is 0 Å². The van der Waals surface area contributed by atoms with Crippen LogP contribution < -0.4 is 0 Å². The molecule has 0 saturated carbocycles. The fourth-order valence-corrected chi connectivity index (χ4v) is 8.58. The molecule has 0 saturated heterocycles. The molecular weight excluding hydrogens is 605 g/mol. The van der Waals surface area contributed by atoms with Crippen LogP contribution in [-0.2, 0) is 11.8 Å². The average molecular weight is 645 g/mol. The average Bonchev–Trinajstić information content (AvgIpc) is 3.63. The minimum absolute atomic E-state index is 0.105. The van der Waals surface area contributed by atoms with Crippen LogP contribution in [0.4, 0.5) is 0 Å². The minimum atomic E-state index is -0.105. The Bertz CT molecular complexity index is 2670. The first-order valence-electron chi connectivity index (χ1n) is 17.8. The molecule has 0 atom stereocenters. The maximum Gasteiger partial charge on any atom is 0.136 e. The Morgan fingerprint density at radius 3 is 1.88 bits per heavy atom. The lowest BCUT2D eigenvalue weighted by atomic mass is 9.80. The molecule has 50 heavy (non-hydrogen) atoms. The molecule has 2 aliphatic carbocycles. The summed E-state index contributed by atoms with van der Waals surface area (Å²) in [6, 6.07) is 35.5. The van der Waals surface area contributed by atoms with Crippen molar-refractivity contribution in [1.82, 2.24) is 0 Å². The zero-order chi connectivity index (χ0) is 34.0. The molecule has 0 spiro atoms. The van der Waals surface area contributed by atoms with Crippen molar-refractivity contribution < 1.29 is 4.42 Å². The van der Waals surface area contributed by atoms with E-state index in [-0.39, 0.29) is 5.41 Å². The molecule has 0 unspecified atom stereocenters. The summed E-state index contributed by atoms with van der Waals surface area (Å²) in [6.45, 7) is 9.33. The van der Waals surface area contributed by atoms with E-state index in [1.807, 2.05) is 6.07 Å². The van der Waals surface area contributed by atoms with Crippen molar-refractivity contribution in [3.8, 4) is 0 Å². The van der Waals surface area contributed by atoms with E-state index in [1.165, 1.54) is 87.6 Å². The summed E-state index contributed by atoms with van der Waals surface area (Å²) in [5.41, 5.74) is 12.6. The summed E-state index contributed by atoms with van der Waals surface area (Å²) in [5.74, 6) is 0. The summed E-state index contributed by atoms with van der Waals surface area (Å²) >= 11 is 0. The monoisotopic (exact) mass is 644 g/mol. The smallest absolute Gasteiger partial charge is 0.136 e. The lowest BCUT2D eigenvalue weighted by Crippen LogP contribution is -2.15. The van der Waals surface area contributed by atoms with Crippen LogP contribution in [-0.4, -0.2) is 0 Å². The number of para-hydroxylation sites is 1. The van der Waals surface area contributed by atoms with Crippen LogP contribution in [0.3, 0.4) is 0 Å². The van der Waals surface area contributed by atoms with Crippen LogP contribution in [0, 0.1) is 0 Å². The first kappa shape index (κ1) is 30.4. The molecule has 0 radical (unpaired) electrons. The third-order valence-electron chi connectivity index (χ3n) is 11.1. The fraction of sp³-hybridized carbons (Fsp3) is 0.143. The maximum atomic E-state index is 6.25. The molecule has 7 aromatic rings. The van der Waals surface area contributed by atoms with Crippen molar-refractivity contribution >= 4 is 65.4 Å². The Kier molecular flexibility index (Phi) is 7.14. The summed E-state index contributed by atoms with van der Waals surface area (Å²) in [7, 11) is 0. The van der Waals surface area contributed by atoms with E-state index < -0.39 is 0 Å². The van der Waals surface area contributed by atoms with E-state index in [4.69, 9.17) is 4.42 Å². The van der Waals surface area contributed by atoms with Gasteiger partial charge in [-0.05, 0) is 116 Å². The molecule has 1 nitrogen and oxygen atoms in total. The van der Waals surface area contributed by atoms with Crippen molar-refractivity contribution in [2.75, 3.05) is 0 Å². The van der Waals surface area contributed by atoms with E-state index in [1.54, 1.807) is 0 Å². The van der Waals surface area contributed by atoms with Gasteiger partial charge in [0.25, 0.3) is 0 Å². The first-order valence-corrected chi connectivity index (χ1v) is 17.8. The Morgan fingerprint density at radius 2 is 1.24 bits per heavy atom. The first-order chi connectivity index (χ1) is 24.4. The largest absolute Gasteiger partial charge is 0.456 e. The van der Waals surface area contributed by atoms with Crippen LogP contribution in [0.5, 0.6) is 0 Å². The molecule has 242 valence electrons. The summed E-state index contributed by atoms with van der Waals surface area (Å²) < 4.78 is 6.25. The van der Waals surface area contributed by atoms with Crippen molar-refractivity contribution in [2.24, 2.45) is 0 Å². The Morgan fingerprint density at radius 1 is 0.620 bits per heavy atom. The second-order valence-electron chi connectivity index (χ2n) is 14.5. The molecule has 0 bridgehead atoms. The minimum Gasteiger partial charge on any atom is -0.456 e. The summed E-state index contributed by atoms with van der Waals surface area (Å²) in [5, 5.41) is 10.1. The van der Waals surface area contributed by atoms with Crippen molar-refractivity contribution in [3.63, 3.8) is 0 Å². The van der Waals surface area contributed by atoms with Gasteiger partial charge in [0.1, 0.15) is 11.2 Å². The molecule has 1 heterocycles. The Labute approximate surface area is 293 Å². The number of fused-ring (bicyclic) bond motifs is 8. The number of furan rings is 1. The molecule has 1 heteroatoms. The summed E-state index contributed by atoms with van der Waals surface area (Å²) in [6.07, 6.45) is 19.9. The van der Waals surface area contributed by atoms with E-state index in [9.17, 15) is 0 Å². The normalized spacial score (nSPS) is 17.8. The fourth-order valence-electron chi connectivity index (χ4n) is 8.58. The highest BCUT2D eigenvalue weighted by Gasteiger charge is 2.36. The SMILES string of the molecule is C/C(=C\C=C1\C=CC=CC1)c1c2ccccc2c(/C(C)=C/C=C2\Cc3ccc4cc5oc6ccccc6c5cc4c3C2(C)C)c2ccccc12. The van der Waals surface area contributed by atoms with Crippen LogP contribution in [0.1, 0.15) is 56.4 Å². The van der Waals surface area contributed by atoms with Crippen molar-refractivity contribution in [2.45, 2.75) is 46.0 Å². The van der Waals surface area contributed by atoms with Gasteiger partial charge >= 0.3 is 0 Å². The lowest BCUT2D eigenvalue weighted by molar-refractivity contribution is 0.649. The molecule has 1 aromatic heterocycles. The van der Waals surface area contributed by atoms with E-state index in [0.717, 1.165) is 24.0 Å². The quantitative estimate of drug-likeness (QED) is 0.174. The van der Waals surface area contributed by atoms with Gasteiger partial charge in [0, 0.05) is 16.2 Å². The van der Waals surface area contributed by atoms with Gasteiger partial charge in [-0.1, -0.05) is 147 Å². The number of hydrogen-bond acceptors (Lipinski definition) is 1. The second-order valence-corrected chi connectivity index (χ2v) is 14.5. The molecule has 0 aliphatic heterocycles. The number of rotatable bonds is 4. The molecular formula is C49H40O. The summed E-state index contributed by atoms with van der Waals surface area (Å²) in [4.78, 5) is 0. The van der Waals surface area contributed by atoms with Crippen LogP contribution >= 0.6 is 0 Å². The van der Waals surface area contributed by atoms with E-state index >= 15 is 0 Å². The van der Waals surface area contributed by atoms with Gasteiger partial charge in [0.2, 0.25) is 0 Å². The standard InChI is InChI=1S/C49H40O/c1-31(22-24-33-14-6-5-7-15-33)46-38-17-8-10-19-40(38)47(41-20-11-9-18-39(41)46)32(2)23-27-36-28-35-26-25-34-29-45-43(30-42(34)48(35)49(36,3)4)37-16-12-13-21-44(37)50-45/h5-14,16-27,29-30H,15,28H2,1-4H3/b31-22+,32-23+,33-24-,36-27+. The highest BCUT2D eigenvalue weighted by Crippen LogP contribution is 2.48.